The van der Waals surface area contributed by atoms with Crippen molar-refractivity contribution in [3.63, 3.8) is 0 Å². The highest BCUT2D eigenvalue weighted by Gasteiger charge is 2.17. The predicted molar refractivity (Wildman–Crippen MR) is 48.1 cm³/mol. The van der Waals surface area contributed by atoms with E-state index >= 15 is 0 Å². The third-order valence-electron chi connectivity index (χ3n) is 1.32. The molecule has 0 radical (unpaired) electrons. The van der Waals surface area contributed by atoms with Gasteiger partial charge in [-0.05, 0) is 12.1 Å². The van der Waals surface area contributed by atoms with E-state index in [2.05, 4.69) is 4.74 Å². The summed E-state index contributed by atoms with van der Waals surface area (Å²) in [6.45, 7) is 0. The highest BCUT2D eigenvalue weighted by Crippen LogP contribution is 2.23. The Labute approximate surface area is 85.0 Å². The van der Waals surface area contributed by atoms with Crippen molar-refractivity contribution < 1.29 is 22.5 Å². The van der Waals surface area contributed by atoms with Crippen LogP contribution in [-0.4, -0.2) is 18.4 Å². The summed E-state index contributed by atoms with van der Waals surface area (Å²) < 4.78 is 34.6. The Hall–Kier alpha value is -1.11. The number of ether oxygens (including phenoxy) is 1. The van der Waals surface area contributed by atoms with Gasteiger partial charge in [-0.25, -0.2) is 4.79 Å². The number of halogens is 1. The number of rotatable bonds is 2. The van der Waals surface area contributed by atoms with Gasteiger partial charge < -0.3 is 4.74 Å². The first-order valence-electron chi connectivity index (χ1n) is 3.35. The normalized spacial score (nSPS) is 11.0. The van der Waals surface area contributed by atoms with Crippen LogP contribution in [0.4, 0.5) is 4.79 Å². The zero-order valence-electron chi connectivity index (χ0n) is 6.68. The van der Waals surface area contributed by atoms with Crippen LogP contribution < -0.4 is 4.74 Å². The Balaban J connectivity index is 3.23. The van der Waals surface area contributed by atoms with E-state index in [0.29, 0.717) is 0 Å². The molecular formula is C7H5ClO5S. The molecule has 0 spiro atoms. The summed E-state index contributed by atoms with van der Waals surface area (Å²) in [5, 5.41) is 0. The van der Waals surface area contributed by atoms with Gasteiger partial charge in [-0.1, -0.05) is 12.1 Å². The molecule has 0 heterocycles. The predicted octanol–water partition coefficient (Wildman–Crippen LogP) is 1.67. The lowest BCUT2D eigenvalue weighted by Gasteiger charge is -2.03. The van der Waals surface area contributed by atoms with Crippen molar-refractivity contribution in [2.45, 2.75) is 4.90 Å². The molecule has 0 aliphatic heterocycles. The third-order valence-corrected chi connectivity index (χ3v) is 2.29. The van der Waals surface area contributed by atoms with Gasteiger partial charge in [0.25, 0.3) is 10.1 Å². The van der Waals surface area contributed by atoms with Crippen molar-refractivity contribution in [3.8, 4) is 5.75 Å². The van der Waals surface area contributed by atoms with Crippen LogP contribution in [0.5, 0.6) is 5.75 Å². The van der Waals surface area contributed by atoms with Crippen LogP contribution in [-0.2, 0) is 10.1 Å². The lowest BCUT2D eigenvalue weighted by molar-refractivity contribution is 0.224. The van der Waals surface area contributed by atoms with Crippen LogP contribution in [0, 0.1) is 0 Å². The molecule has 0 amide bonds. The Morgan fingerprint density at radius 1 is 1.36 bits per heavy atom. The topological polar surface area (TPSA) is 80.7 Å². The molecule has 1 aromatic carbocycles. The third kappa shape index (κ3) is 2.69. The molecule has 5 nitrogen and oxygen atoms in total. The molecule has 0 unspecified atom stereocenters. The second-order valence-electron chi connectivity index (χ2n) is 2.26. The Morgan fingerprint density at radius 2 is 1.93 bits per heavy atom. The lowest BCUT2D eigenvalue weighted by Crippen LogP contribution is -2.04. The zero-order valence-corrected chi connectivity index (χ0v) is 8.25. The quantitative estimate of drug-likeness (QED) is 0.624. The number of para-hydroxylation sites is 1. The molecule has 0 atom stereocenters. The first-order chi connectivity index (χ1) is 6.41. The van der Waals surface area contributed by atoms with Gasteiger partial charge in [-0.2, -0.15) is 8.42 Å². The van der Waals surface area contributed by atoms with Crippen molar-refractivity contribution in [2.75, 3.05) is 0 Å². The van der Waals surface area contributed by atoms with Crippen molar-refractivity contribution in [1.82, 2.24) is 0 Å². The number of benzene rings is 1. The van der Waals surface area contributed by atoms with Gasteiger partial charge in [0.15, 0.2) is 5.75 Å². The molecule has 1 aromatic rings. The number of hydrogen-bond acceptors (Lipinski definition) is 4. The zero-order chi connectivity index (χ0) is 10.8. The molecule has 0 saturated heterocycles. The maximum Gasteiger partial charge on any atom is 0.409 e. The SMILES string of the molecule is O=C(Cl)Oc1ccccc1S(=O)(=O)O. The minimum Gasteiger partial charge on any atom is -0.413 e. The Kier molecular flexibility index (Phi) is 3.10. The maximum absolute atomic E-state index is 10.8. The van der Waals surface area contributed by atoms with Gasteiger partial charge in [-0.3, -0.25) is 4.55 Å². The van der Waals surface area contributed by atoms with Gasteiger partial charge >= 0.3 is 5.43 Å². The summed E-state index contributed by atoms with van der Waals surface area (Å²) in [6.07, 6.45) is 0. The lowest BCUT2D eigenvalue weighted by atomic mass is 10.3. The van der Waals surface area contributed by atoms with E-state index in [1.807, 2.05) is 0 Å². The Bertz CT molecular complexity index is 453. The largest absolute Gasteiger partial charge is 0.413 e. The minimum absolute atomic E-state index is 0.310. The molecule has 1 rings (SSSR count). The second kappa shape index (κ2) is 3.95. The minimum atomic E-state index is -4.41. The maximum atomic E-state index is 10.8. The summed E-state index contributed by atoms with van der Waals surface area (Å²) >= 11 is 4.90. The smallest absolute Gasteiger partial charge is 0.409 e. The van der Waals surface area contributed by atoms with Crippen LogP contribution in [0.1, 0.15) is 0 Å². The van der Waals surface area contributed by atoms with Gasteiger partial charge in [0.1, 0.15) is 4.90 Å². The highest BCUT2D eigenvalue weighted by molar-refractivity contribution is 7.86. The second-order valence-corrected chi connectivity index (χ2v) is 3.96. The average molecular weight is 237 g/mol. The number of hydrogen-bond donors (Lipinski definition) is 1. The summed E-state index contributed by atoms with van der Waals surface area (Å²) in [7, 11) is -4.41. The van der Waals surface area contributed by atoms with Crippen molar-refractivity contribution in [1.29, 1.82) is 0 Å². The van der Waals surface area contributed by atoms with E-state index in [1.54, 1.807) is 0 Å². The number of carbonyl (C=O) groups excluding carboxylic acids is 1. The van der Waals surface area contributed by atoms with E-state index in [1.165, 1.54) is 18.2 Å². The molecule has 0 saturated carbocycles. The van der Waals surface area contributed by atoms with E-state index in [4.69, 9.17) is 16.2 Å². The van der Waals surface area contributed by atoms with Gasteiger partial charge in [0, 0.05) is 11.6 Å². The fraction of sp³-hybridized carbons (Fsp3) is 0. The van der Waals surface area contributed by atoms with Crippen molar-refractivity contribution in [3.05, 3.63) is 24.3 Å². The molecule has 0 fully saturated rings. The standard InChI is InChI=1S/C7H5ClO5S/c8-7(9)13-5-3-1-2-4-6(5)14(10,11)12/h1-4H,(H,10,11,12). The van der Waals surface area contributed by atoms with Crippen LogP contribution in [0.25, 0.3) is 0 Å². The molecule has 0 aliphatic rings. The van der Waals surface area contributed by atoms with E-state index in [0.717, 1.165) is 6.07 Å². The van der Waals surface area contributed by atoms with E-state index in [-0.39, 0.29) is 5.75 Å². The molecule has 14 heavy (non-hydrogen) atoms. The van der Waals surface area contributed by atoms with Gasteiger partial charge in [0.05, 0.1) is 0 Å². The summed E-state index contributed by atoms with van der Waals surface area (Å²) in [5.41, 5.74) is -1.18. The van der Waals surface area contributed by atoms with Crippen LogP contribution >= 0.6 is 11.6 Å². The highest BCUT2D eigenvalue weighted by atomic mass is 35.5. The Morgan fingerprint density at radius 3 is 2.43 bits per heavy atom. The summed E-state index contributed by atoms with van der Waals surface area (Å²) in [6, 6.07) is 5.09. The molecular weight excluding hydrogens is 232 g/mol. The van der Waals surface area contributed by atoms with Crippen molar-refractivity contribution in [2.24, 2.45) is 0 Å². The fourth-order valence-electron chi connectivity index (χ4n) is 0.834. The van der Waals surface area contributed by atoms with E-state index < -0.39 is 20.4 Å². The monoisotopic (exact) mass is 236 g/mol. The summed E-state index contributed by atoms with van der Waals surface area (Å²) in [4.78, 5) is 9.85. The molecule has 76 valence electrons. The van der Waals surface area contributed by atoms with Crippen LogP contribution in [0.15, 0.2) is 29.2 Å². The molecule has 0 aromatic heterocycles. The molecule has 0 bridgehead atoms. The van der Waals surface area contributed by atoms with Gasteiger partial charge in [-0.15, -0.1) is 0 Å². The van der Waals surface area contributed by atoms with Crippen molar-refractivity contribution >= 4 is 27.1 Å². The van der Waals surface area contributed by atoms with Crippen LogP contribution in [0.3, 0.4) is 0 Å². The molecule has 7 heteroatoms. The molecule has 0 aliphatic carbocycles. The summed E-state index contributed by atoms with van der Waals surface area (Å²) in [5.74, 6) is -0.310. The first kappa shape index (κ1) is 11.0. The molecule has 1 N–H and O–H groups in total. The fourth-order valence-corrected chi connectivity index (χ4v) is 1.53. The van der Waals surface area contributed by atoms with Gasteiger partial charge in [0.2, 0.25) is 0 Å². The average Bonchev–Trinajstić information content (AvgIpc) is 2.01. The van der Waals surface area contributed by atoms with Crippen LogP contribution in [0.2, 0.25) is 0 Å². The first-order valence-corrected chi connectivity index (χ1v) is 5.17. The number of carbonyl (C=O) groups is 1. The van der Waals surface area contributed by atoms with E-state index in [9.17, 15) is 13.2 Å².